The van der Waals surface area contributed by atoms with E-state index in [4.69, 9.17) is 23.9 Å². The number of hydrogen-bond donors (Lipinski definition) is 1. The van der Waals surface area contributed by atoms with Gasteiger partial charge in [-0.25, -0.2) is 4.98 Å². The zero-order valence-corrected chi connectivity index (χ0v) is 25.9. The van der Waals surface area contributed by atoms with Gasteiger partial charge in [0, 0.05) is 12.0 Å². The molecule has 0 spiro atoms. The summed E-state index contributed by atoms with van der Waals surface area (Å²) in [6, 6.07) is 15.2. The molecule has 1 fully saturated rings. The first-order valence-corrected chi connectivity index (χ1v) is 15.7. The summed E-state index contributed by atoms with van der Waals surface area (Å²) >= 11 is 1.28. The van der Waals surface area contributed by atoms with Crippen LogP contribution in [0.5, 0.6) is 23.0 Å². The highest BCUT2D eigenvalue weighted by Crippen LogP contribution is 2.46. The Balaban J connectivity index is 1.52. The lowest BCUT2D eigenvalue weighted by atomic mass is 9.94. The number of aliphatic hydroxyl groups excluding tert-OH is 1. The van der Waals surface area contributed by atoms with Gasteiger partial charge in [-0.05, 0) is 86.8 Å². The van der Waals surface area contributed by atoms with E-state index in [9.17, 15) is 14.7 Å². The van der Waals surface area contributed by atoms with Crippen molar-refractivity contribution < 1.29 is 33.6 Å². The highest BCUT2D eigenvalue weighted by atomic mass is 32.1. The van der Waals surface area contributed by atoms with Crippen molar-refractivity contribution in [3.63, 3.8) is 0 Å². The second-order valence-corrected chi connectivity index (χ2v) is 11.7. The van der Waals surface area contributed by atoms with Crippen molar-refractivity contribution in [2.45, 2.75) is 52.7 Å². The van der Waals surface area contributed by atoms with Crippen LogP contribution in [0.3, 0.4) is 0 Å². The lowest BCUT2D eigenvalue weighted by molar-refractivity contribution is -0.132. The first-order valence-electron chi connectivity index (χ1n) is 14.9. The largest absolute Gasteiger partial charge is 0.507 e. The van der Waals surface area contributed by atoms with Crippen LogP contribution in [0.4, 0.5) is 5.13 Å². The van der Waals surface area contributed by atoms with Gasteiger partial charge < -0.3 is 24.1 Å². The number of rotatable bonds is 10. The highest BCUT2D eigenvalue weighted by Gasteiger charge is 2.48. The number of ketones is 1. The molecule has 1 saturated heterocycles. The van der Waals surface area contributed by atoms with Gasteiger partial charge in [-0.1, -0.05) is 24.3 Å². The van der Waals surface area contributed by atoms with Gasteiger partial charge in [0.05, 0.1) is 41.7 Å². The number of aliphatic hydroxyl groups is 1. The molecule has 2 atom stereocenters. The van der Waals surface area contributed by atoms with Crippen molar-refractivity contribution in [2.75, 3.05) is 24.7 Å². The Hall–Kier alpha value is -4.57. The molecule has 44 heavy (non-hydrogen) atoms. The molecular formula is C34H34N2O7S. The Labute approximate surface area is 259 Å². The maximum absolute atomic E-state index is 13.8. The molecule has 6 rings (SSSR count). The third-order valence-electron chi connectivity index (χ3n) is 7.52. The minimum absolute atomic E-state index is 0.0145. The van der Waals surface area contributed by atoms with E-state index in [1.165, 1.54) is 16.2 Å². The second-order valence-electron chi connectivity index (χ2n) is 10.7. The van der Waals surface area contributed by atoms with Gasteiger partial charge in [0.25, 0.3) is 5.78 Å². The van der Waals surface area contributed by atoms with Gasteiger partial charge in [-0.3, -0.25) is 14.5 Å². The van der Waals surface area contributed by atoms with E-state index in [1.54, 1.807) is 30.3 Å². The van der Waals surface area contributed by atoms with Gasteiger partial charge in [0.15, 0.2) is 16.6 Å². The maximum Gasteiger partial charge on any atom is 0.301 e. The van der Waals surface area contributed by atoms with Crippen LogP contribution < -0.4 is 23.8 Å². The molecule has 3 heterocycles. The summed E-state index contributed by atoms with van der Waals surface area (Å²) in [4.78, 5) is 33.7. The van der Waals surface area contributed by atoms with Crippen LogP contribution in [-0.2, 0) is 16.0 Å². The lowest BCUT2D eigenvalue weighted by Gasteiger charge is -2.24. The molecule has 10 heteroatoms. The van der Waals surface area contributed by atoms with Crippen molar-refractivity contribution in [1.82, 2.24) is 4.98 Å². The summed E-state index contributed by atoms with van der Waals surface area (Å²) in [5, 5.41) is 12.1. The number of ether oxygens (including phenoxy) is 4. The standard InChI is InChI=1S/C34H34N2O7S/c1-5-14-42-26-13-8-20(17-27(26)41-7-3)30-29(31(37)21-9-12-25-22(16-21)15-19(4)43-25)32(38)33(39)36(30)34-35-24-11-10-23(40-6-2)18-28(24)44-34/h8-13,16-19,30,37H,5-7,14-15H2,1-4H3/b31-29+/t19-,30+/m1/s1. The summed E-state index contributed by atoms with van der Waals surface area (Å²) in [5.74, 6) is 0.647. The molecule has 0 bridgehead atoms. The van der Waals surface area contributed by atoms with Gasteiger partial charge >= 0.3 is 5.91 Å². The molecule has 0 unspecified atom stereocenters. The Morgan fingerprint density at radius 2 is 1.82 bits per heavy atom. The van der Waals surface area contributed by atoms with Gasteiger partial charge in [0.1, 0.15) is 23.4 Å². The van der Waals surface area contributed by atoms with Crippen molar-refractivity contribution >= 4 is 44.1 Å². The van der Waals surface area contributed by atoms with E-state index < -0.39 is 17.7 Å². The molecule has 0 saturated carbocycles. The summed E-state index contributed by atoms with van der Waals surface area (Å²) in [7, 11) is 0. The zero-order valence-electron chi connectivity index (χ0n) is 25.1. The van der Waals surface area contributed by atoms with Crippen LogP contribution in [-0.4, -0.2) is 47.7 Å². The Bertz CT molecular complexity index is 1780. The Kier molecular flexibility index (Phi) is 8.18. The molecule has 2 aliphatic rings. The van der Waals surface area contributed by atoms with Crippen molar-refractivity contribution in [1.29, 1.82) is 0 Å². The molecular weight excluding hydrogens is 580 g/mol. The molecule has 0 aliphatic carbocycles. The fraction of sp³-hybridized carbons (Fsp3) is 0.324. The fourth-order valence-electron chi connectivity index (χ4n) is 5.62. The van der Waals surface area contributed by atoms with Crippen molar-refractivity contribution in [3.05, 3.63) is 76.9 Å². The average molecular weight is 615 g/mol. The minimum atomic E-state index is -0.968. The first-order chi connectivity index (χ1) is 21.3. The number of carbonyl (C=O) groups excluding carboxylic acids is 2. The smallest absolute Gasteiger partial charge is 0.301 e. The van der Waals surface area contributed by atoms with E-state index in [0.717, 1.165) is 22.4 Å². The average Bonchev–Trinajstić information content (AvgIpc) is 3.68. The first kappa shape index (κ1) is 29.5. The lowest BCUT2D eigenvalue weighted by Crippen LogP contribution is -2.29. The van der Waals surface area contributed by atoms with Gasteiger partial charge in [0.2, 0.25) is 0 Å². The Morgan fingerprint density at radius 1 is 1.00 bits per heavy atom. The van der Waals surface area contributed by atoms with Crippen molar-refractivity contribution in [2.24, 2.45) is 0 Å². The number of nitrogens with zero attached hydrogens (tertiary/aromatic N) is 2. The monoisotopic (exact) mass is 614 g/mol. The summed E-state index contributed by atoms with van der Waals surface area (Å²) in [6.45, 7) is 9.19. The minimum Gasteiger partial charge on any atom is -0.507 e. The SMILES string of the molecule is CCCOc1ccc([C@H]2/C(=C(\O)c3ccc4c(c3)C[C@@H](C)O4)C(=O)C(=O)N2c2nc3ccc(OCC)cc3s2)cc1OCC. The zero-order chi connectivity index (χ0) is 31.0. The second kappa shape index (κ2) is 12.2. The quantitative estimate of drug-likeness (QED) is 0.118. The Morgan fingerprint density at radius 3 is 2.59 bits per heavy atom. The predicted octanol–water partition coefficient (Wildman–Crippen LogP) is 6.83. The third-order valence-corrected chi connectivity index (χ3v) is 8.54. The highest BCUT2D eigenvalue weighted by molar-refractivity contribution is 7.22. The molecule has 1 amide bonds. The number of fused-ring (bicyclic) bond motifs is 2. The molecule has 1 N–H and O–H groups in total. The topological polar surface area (TPSA) is 107 Å². The summed E-state index contributed by atoms with van der Waals surface area (Å²) < 4.78 is 24.1. The third kappa shape index (κ3) is 5.34. The summed E-state index contributed by atoms with van der Waals surface area (Å²) in [6.07, 6.45) is 1.52. The van der Waals surface area contributed by atoms with Crippen LogP contribution in [0.1, 0.15) is 56.8 Å². The van der Waals surface area contributed by atoms with E-state index in [1.807, 2.05) is 52.0 Å². The van der Waals surface area contributed by atoms with Crippen LogP contribution >= 0.6 is 11.3 Å². The van der Waals surface area contributed by atoms with E-state index in [-0.39, 0.29) is 17.4 Å². The molecule has 2 aliphatic heterocycles. The number of carbonyl (C=O) groups is 2. The van der Waals surface area contributed by atoms with Crippen LogP contribution in [0.15, 0.2) is 60.2 Å². The molecule has 1 aromatic heterocycles. The number of amides is 1. The van der Waals surface area contributed by atoms with Gasteiger partial charge in [-0.2, -0.15) is 0 Å². The van der Waals surface area contributed by atoms with Crippen molar-refractivity contribution in [3.8, 4) is 23.0 Å². The van der Waals surface area contributed by atoms with E-state index in [2.05, 4.69) is 0 Å². The maximum atomic E-state index is 13.8. The van der Waals surface area contributed by atoms with Gasteiger partial charge in [-0.15, -0.1) is 0 Å². The van der Waals surface area contributed by atoms with E-state index in [0.29, 0.717) is 65.3 Å². The number of Topliss-reactive ketones (excluding diaryl/α,β-unsaturated/α-hetero) is 1. The molecule has 228 valence electrons. The number of hydrogen-bond acceptors (Lipinski definition) is 9. The molecule has 9 nitrogen and oxygen atoms in total. The summed E-state index contributed by atoms with van der Waals surface area (Å²) in [5.41, 5.74) is 2.58. The predicted molar refractivity (Wildman–Crippen MR) is 169 cm³/mol. The fourth-order valence-corrected chi connectivity index (χ4v) is 6.64. The number of anilines is 1. The number of aromatic nitrogens is 1. The van der Waals surface area contributed by atoms with Crippen LogP contribution in [0, 0.1) is 0 Å². The van der Waals surface area contributed by atoms with Crippen LogP contribution in [0.25, 0.3) is 16.0 Å². The molecule has 3 aromatic carbocycles. The van der Waals surface area contributed by atoms with Crippen LogP contribution in [0.2, 0.25) is 0 Å². The van der Waals surface area contributed by atoms with E-state index >= 15 is 0 Å². The normalized spacial score (nSPS) is 18.9. The number of benzene rings is 3. The molecule has 4 aromatic rings. The number of thiazole rings is 1. The molecule has 0 radical (unpaired) electrons.